The number of hydrogen-bond donors (Lipinski definition) is 0. The Kier molecular flexibility index (Phi) is 8.28. The van der Waals surface area contributed by atoms with Gasteiger partial charge in [0.15, 0.2) is 0 Å². The van der Waals surface area contributed by atoms with Gasteiger partial charge in [0.05, 0.1) is 23.6 Å². The first-order chi connectivity index (χ1) is 17.4. The van der Waals surface area contributed by atoms with Crippen molar-refractivity contribution in [3.8, 4) is 11.5 Å². The Hall–Kier alpha value is -3.36. The van der Waals surface area contributed by atoms with Crippen molar-refractivity contribution in [2.75, 3.05) is 33.9 Å². The minimum Gasteiger partial charge on any atom is -0.497 e. The molecule has 3 aromatic carbocycles. The molecule has 0 spiro atoms. The SMILES string of the molecule is COc1cccc(S(=O)(=O)N2CCCCN(C)C(=O)c3ccccc3OC[C@@H]2Cc2ccccc2)c1. The maximum atomic E-state index is 14.0. The lowest BCUT2D eigenvalue weighted by molar-refractivity contribution is 0.0781. The lowest BCUT2D eigenvalue weighted by Crippen LogP contribution is -2.46. The first-order valence-electron chi connectivity index (χ1n) is 12.1. The molecule has 0 saturated carbocycles. The summed E-state index contributed by atoms with van der Waals surface area (Å²) in [7, 11) is -0.587. The first kappa shape index (κ1) is 25.7. The molecule has 4 rings (SSSR count). The Labute approximate surface area is 213 Å². The highest BCUT2D eigenvalue weighted by molar-refractivity contribution is 7.89. The summed E-state index contributed by atoms with van der Waals surface area (Å²) in [6, 6.07) is 23.0. The molecule has 1 heterocycles. The van der Waals surface area contributed by atoms with Crippen molar-refractivity contribution in [3.05, 3.63) is 90.0 Å². The van der Waals surface area contributed by atoms with Gasteiger partial charge in [-0.2, -0.15) is 4.31 Å². The van der Waals surface area contributed by atoms with Crippen LogP contribution in [0.15, 0.2) is 83.8 Å². The molecule has 0 N–H and O–H groups in total. The summed E-state index contributed by atoms with van der Waals surface area (Å²) in [5, 5.41) is 0. The number of carbonyl (C=O) groups is 1. The maximum Gasteiger partial charge on any atom is 0.257 e. The van der Waals surface area contributed by atoms with E-state index in [4.69, 9.17) is 9.47 Å². The lowest BCUT2D eigenvalue weighted by Gasteiger charge is -2.32. The van der Waals surface area contributed by atoms with Gasteiger partial charge in [0.1, 0.15) is 18.1 Å². The largest absolute Gasteiger partial charge is 0.497 e. The Bertz CT molecular complexity index is 1280. The summed E-state index contributed by atoms with van der Waals surface area (Å²) in [5.74, 6) is 0.828. The van der Waals surface area contributed by atoms with Crippen LogP contribution in [0.25, 0.3) is 0 Å². The third kappa shape index (κ3) is 5.88. The summed E-state index contributed by atoms with van der Waals surface area (Å²) in [6.07, 6.45) is 1.75. The van der Waals surface area contributed by atoms with E-state index in [1.807, 2.05) is 36.4 Å². The van der Waals surface area contributed by atoms with Gasteiger partial charge in [-0.25, -0.2) is 8.42 Å². The summed E-state index contributed by atoms with van der Waals surface area (Å²) in [5.41, 5.74) is 1.48. The number of methoxy groups -OCH3 is 1. The van der Waals surface area contributed by atoms with Crippen molar-refractivity contribution in [3.63, 3.8) is 0 Å². The zero-order chi connectivity index (χ0) is 25.5. The van der Waals surface area contributed by atoms with Crippen LogP contribution in [0.4, 0.5) is 0 Å². The summed E-state index contributed by atoms with van der Waals surface area (Å²) in [4.78, 5) is 14.9. The lowest BCUT2D eigenvalue weighted by atomic mass is 10.1. The second-order valence-electron chi connectivity index (χ2n) is 8.88. The molecule has 190 valence electrons. The van der Waals surface area contributed by atoms with E-state index in [9.17, 15) is 13.2 Å². The zero-order valence-electron chi connectivity index (χ0n) is 20.7. The van der Waals surface area contributed by atoms with E-state index in [1.165, 1.54) is 7.11 Å². The van der Waals surface area contributed by atoms with Crippen molar-refractivity contribution in [1.29, 1.82) is 0 Å². The second-order valence-corrected chi connectivity index (χ2v) is 10.8. The third-order valence-corrected chi connectivity index (χ3v) is 8.33. The van der Waals surface area contributed by atoms with Gasteiger partial charge >= 0.3 is 0 Å². The molecule has 7 nitrogen and oxygen atoms in total. The van der Waals surface area contributed by atoms with Crippen molar-refractivity contribution in [2.24, 2.45) is 0 Å². The van der Waals surface area contributed by atoms with Crippen molar-refractivity contribution in [1.82, 2.24) is 9.21 Å². The van der Waals surface area contributed by atoms with Gasteiger partial charge in [-0.1, -0.05) is 48.5 Å². The molecular formula is C28H32N2O5S. The number of amides is 1. The Morgan fingerprint density at radius 2 is 1.67 bits per heavy atom. The average molecular weight is 509 g/mol. The predicted molar refractivity (Wildman–Crippen MR) is 139 cm³/mol. The number of hydrogen-bond acceptors (Lipinski definition) is 5. The Morgan fingerprint density at radius 1 is 0.944 bits per heavy atom. The van der Waals surface area contributed by atoms with Crippen molar-refractivity contribution >= 4 is 15.9 Å². The molecule has 1 aliphatic rings. The molecule has 0 aliphatic carbocycles. The highest BCUT2D eigenvalue weighted by Crippen LogP contribution is 2.27. The molecular weight excluding hydrogens is 476 g/mol. The van der Waals surface area contributed by atoms with Gasteiger partial charge in [0.25, 0.3) is 5.91 Å². The van der Waals surface area contributed by atoms with Crippen LogP contribution < -0.4 is 9.47 Å². The van der Waals surface area contributed by atoms with Crippen LogP contribution in [0.2, 0.25) is 0 Å². The first-order valence-corrected chi connectivity index (χ1v) is 13.5. The number of fused-ring (bicyclic) bond motifs is 1. The van der Waals surface area contributed by atoms with Crippen LogP contribution in [-0.2, 0) is 16.4 Å². The molecule has 0 bridgehead atoms. The van der Waals surface area contributed by atoms with Crippen LogP contribution in [0.1, 0.15) is 28.8 Å². The number of nitrogens with zero attached hydrogens (tertiary/aromatic N) is 2. The highest BCUT2D eigenvalue weighted by atomic mass is 32.2. The fraction of sp³-hybridized carbons (Fsp3) is 0.321. The van der Waals surface area contributed by atoms with Crippen molar-refractivity contribution in [2.45, 2.75) is 30.2 Å². The molecule has 1 aliphatic heterocycles. The van der Waals surface area contributed by atoms with Gasteiger partial charge in [-0.05, 0) is 49.1 Å². The average Bonchev–Trinajstić information content (AvgIpc) is 2.90. The molecule has 8 heteroatoms. The van der Waals surface area contributed by atoms with E-state index < -0.39 is 16.1 Å². The fourth-order valence-electron chi connectivity index (χ4n) is 4.41. The number of rotatable bonds is 5. The van der Waals surface area contributed by atoms with Crippen LogP contribution in [0, 0.1) is 0 Å². The van der Waals surface area contributed by atoms with Crippen molar-refractivity contribution < 1.29 is 22.7 Å². The van der Waals surface area contributed by atoms with E-state index in [2.05, 4.69) is 0 Å². The minimum atomic E-state index is -3.86. The van der Waals surface area contributed by atoms with E-state index in [0.29, 0.717) is 49.4 Å². The number of benzene rings is 3. The molecule has 3 aromatic rings. The molecule has 1 amide bonds. The fourth-order valence-corrected chi connectivity index (χ4v) is 6.09. The molecule has 0 radical (unpaired) electrons. The molecule has 0 aromatic heterocycles. The smallest absolute Gasteiger partial charge is 0.257 e. The standard InChI is InChI=1S/C28H32N2O5S/c1-29-17-8-9-18-30(36(32,33)25-14-10-13-24(20-25)34-2)23(19-22-11-4-3-5-12-22)21-35-27-16-7-6-15-26(27)28(29)31/h3-7,10-16,20,23H,8-9,17-19,21H2,1-2H3/t23-/m0/s1. The third-order valence-electron chi connectivity index (χ3n) is 6.39. The molecule has 0 saturated heterocycles. The predicted octanol–water partition coefficient (Wildman–Crippen LogP) is 4.24. The van der Waals surface area contributed by atoms with E-state index in [-0.39, 0.29) is 17.4 Å². The van der Waals surface area contributed by atoms with E-state index in [1.54, 1.807) is 58.7 Å². The minimum absolute atomic E-state index is 0.103. The van der Waals surface area contributed by atoms with Crippen LogP contribution >= 0.6 is 0 Å². The second kappa shape index (κ2) is 11.6. The van der Waals surface area contributed by atoms with Gasteiger partial charge in [-0.3, -0.25) is 4.79 Å². The van der Waals surface area contributed by atoms with Gasteiger partial charge in [0.2, 0.25) is 10.0 Å². The summed E-state index contributed by atoms with van der Waals surface area (Å²) >= 11 is 0. The normalized spacial score (nSPS) is 17.9. The quantitative estimate of drug-likeness (QED) is 0.515. The van der Waals surface area contributed by atoms with Gasteiger partial charge < -0.3 is 14.4 Å². The van der Waals surface area contributed by atoms with Crippen LogP contribution in [0.3, 0.4) is 0 Å². The topological polar surface area (TPSA) is 76.2 Å². The van der Waals surface area contributed by atoms with Gasteiger partial charge in [-0.15, -0.1) is 0 Å². The molecule has 1 atom stereocenters. The molecule has 0 fully saturated rings. The Morgan fingerprint density at radius 3 is 2.44 bits per heavy atom. The summed E-state index contributed by atoms with van der Waals surface area (Å²) < 4.78 is 41.0. The van der Waals surface area contributed by atoms with E-state index >= 15 is 0 Å². The molecule has 36 heavy (non-hydrogen) atoms. The zero-order valence-corrected chi connectivity index (χ0v) is 21.5. The monoisotopic (exact) mass is 508 g/mol. The van der Waals surface area contributed by atoms with Gasteiger partial charge in [0, 0.05) is 26.2 Å². The molecule has 0 unspecified atom stereocenters. The summed E-state index contributed by atoms with van der Waals surface area (Å²) in [6.45, 7) is 0.930. The number of ether oxygens (including phenoxy) is 2. The van der Waals surface area contributed by atoms with Crippen LogP contribution in [-0.4, -0.2) is 63.4 Å². The number of sulfonamides is 1. The Balaban J connectivity index is 1.75. The number of para-hydroxylation sites is 1. The maximum absolute atomic E-state index is 14.0. The van der Waals surface area contributed by atoms with Crippen LogP contribution in [0.5, 0.6) is 11.5 Å². The number of carbonyl (C=O) groups excluding carboxylic acids is 1. The van der Waals surface area contributed by atoms with E-state index in [0.717, 1.165) is 5.56 Å². The highest BCUT2D eigenvalue weighted by Gasteiger charge is 2.33.